The fraction of sp³-hybridized carbons (Fsp3) is 0.462. The normalized spacial score (nSPS) is 16.4. The molecule has 90 valence electrons. The molecule has 0 heterocycles. The molecule has 1 unspecified atom stereocenters. The van der Waals surface area contributed by atoms with Crippen LogP contribution in [0.3, 0.4) is 0 Å². The van der Waals surface area contributed by atoms with Gasteiger partial charge < -0.3 is 10.6 Å². The lowest BCUT2D eigenvalue weighted by Crippen LogP contribution is -2.39. The molecule has 1 saturated carbocycles. The summed E-state index contributed by atoms with van der Waals surface area (Å²) in [6.07, 6.45) is 2.54. The minimum Gasteiger partial charge on any atom is -0.370 e. The zero-order valence-electron chi connectivity index (χ0n) is 9.86. The van der Waals surface area contributed by atoms with E-state index in [0.717, 1.165) is 16.1 Å². The Balaban J connectivity index is 2.26. The van der Waals surface area contributed by atoms with Gasteiger partial charge in [-0.2, -0.15) is 5.26 Å². The second kappa shape index (κ2) is 5.07. The average molecular weight is 294 g/mol. The molecule has 0 radical (unpaired) electrons. The van der Waals surface area contributed by atoms with Crippen molar-refractivity contribution in [2.45, 2.75) is 18.9 Å². The second-order valence-electron chi connectivity index (χ2n) is 4.56. The number of likely N-dealkylation sites (N-methyl/N-ethyl adjacent to an activating group) is 1. The molecule has 1 aromatic carbocycles. The number of nitrogens with zero attached hydrogens (tertiary/aromatic N) is 2. The standard InChI is InChI=1S/C13H16BrN3/c1-17(13(8-16)10-2-3-10)12-5-9(7-15)4-11(14)6-12/h4-6,10,13H,2-3,8,16H2,1H3. The Kier molecular flexibility index (Phi) is 3.70. The van der Waals surface area contributed by atoms with Crippen LogP contribution in [-0.2, 0) is 0 Å². The van der Waals surface area contributed by atoms with Gasteiger partial charge in [0.1, 0.15) is 0 Å². The maximum atomic E-state index is 8.97. The highest BCUT2D eigenvalue weighted by molar-refractivity contribution is 9.10. The molecule has 1 fully saturated rings. The number of anilines is 1. The minimum absolute atomic E-state index is 0.385. The molecule has 17 heavy (non-hydrogen) atoms. The maximum absolute atomic E-state index is 8.97. The average Bonchev–Trinajstić information content (AvgIpc) is 3.13. The van der Waals surface area contributed by atoms with Crippen molar-refractivity contribution in [2.24, 2.45) is 11.7 Å². The first-order valence-corrected chi connectivity index (χ1v) is 6.58. The van der Waals surface area contributed by atoms with Crippen molar-refractivity contribution in [3.63, 3.8) is 0 Å². The van der Waals surface area contributed by atoms with Gasteiger partial charge in [0.15, 0.2) is 0 Å². The van der Waals surface area contributed by atoms with Gasteiger partial charge in [-0.25, -0.2) is 0 Å². The third kappa shape index (κ3) is 2.80. The molecule has 0 aromatic heterocycles. The van der Waals surface area contributed by atoms with E-state index in [9.17, 15) is 0 Å². The zero-order chi connectivity index (χ0) is 12.4. The summed E-state index contributed by atoms with van der Waals surface area (Å²) in [5.74, 6) is 0.717. The topological polar surface area (TPSA) is 53.0 Å². The second-order valence-corrected chi connectivity index (χ2v) is 5.48. The Morgan fingerprint density at radius 2 is 2.24 bits per heavy atom. The maximum Gasteiger partial charge on any atom is 0.0992 e. The summed E-state index contributed by atoms with van der Waals surface area (Å²) >= 11 is 3.44. The van der Waals surface area contributed by atoms with Crippen molar-refractivity contribution in [2.75, 3.05) is 18.5 Å². The van der Waals surface area contributed by atoms with E-state index in [-0.39, 0.29) is 0 Å². The Morgan fingerprint density at radius 3 is 2.76 bits per heavy atom. The molecule has 4 heteroatoms. The number of nitriles is 1. The van der Waals surface area contributed by atoms with Crippen molar-refractivity contribution in [1.82, 2.24) is 0 Å². The third-order valence-corrected chi connectivity index (χ3v) is 3.78. The van der Waals surface area contributed by atoms with Crippen LogP contribution in [0.4, 0.5) is 5.69 Å². The number of nitrogens with two attached hydrogens (primary N) is 1. The van der Waals surface area contributed by atoms with Crippen LogP contribution in [0, 0.1) is 17.2 Å². The molecule has 2 N–H and O–H groups in total. The van der Waals surface area contributed by atoms with E-state index in [2.05, 4.69) is 33.9 Å². The first-order valence-electron chi connectivity index (χ1n) is 5.79. The molecule has 3 nitrogen and oxygen atoms in total. The summed E-state index contributed by atoms with van der Waals surface area (Å²) in [6, 6.07) is 8.33. The number of hydrogen-bond acceptors (Lipinski definition) is 3. The van der Waals surface area contributed by atoms with E-state index in [1.54, 1.807) is 0 Å². The van der Waals surface area contributed by atoms with Gasteiger partial charge in [0.05, 0.1) is 11.6 Å². The highest BCUT2D eigenvalue weighted by Crippen LogP contribution is 2.36. The first-order chi connectivity index (χ1) is 8.15. The summed E-state index contributed by atoms with van der Waals surface area (Å²) in [6.45, 7) is 0.662. The molecule has 1 atom stereocenters. The Labute approximate surface area is 110 Å². The van der Waals surface area contributed by atoms with Crippen LogP contribution < -0.4 is 10.6 Å². The smallest absolute Gasteiger partial charge is 0.0992 e. The van der Waals surface area contributed by atoms with Crippen LogP contribution in [-0.4, -0.2) is 19.6 Å². The van der Waals surface area contributed by atoms with Gasteiger partial charge in [0, 0.05) is 29.8 Å². The number of benzene rings is 1. The van der Waals surface area contributed by atoms with Crippen molar-refractivity contribution in [1.29, 1.82) is 5.26 Å². The molecule has 0 saturated heterocycles. The number of halogens is 1. The molecular formula is C13H16BrN3. The molecular weight excluding hydrogens is 278 g/mol. The Bertz CT molecular complexity index is 448. The van der Waals surface area contributed by atoms with E-state index >= 15 is 0 Å². The molecule has 0 aliphatic heterocycles. The number of rotatable bonds is 4. The molecule has 0 amide bonds. The fourth-order valence-electron chi connectivity index (χ4n) is 2.18. The van der Waals surface area contributed by atoms with Crippen molar-refractivity contribution < 1.29 is 0 Å². The minimum atomic E-state index is 0.385. The van der Waals surface area contributed by atoms with Crippen LogP contribution in [0.15, 0.2) is 22.7 Å². The van der Waals surface area contributed by atoms with Crippen LogP contribution in [0.1, 0.15) is 18.4 Å². The SMILES string of the molecule is CN(c1cc(Br)cc(C#N)c1)C(CN)C1CC1. The Morgan fingerprint density at radius 1 is 1.53 bits per heavy atom. The van der Waals surface area contributed by atoms with E-state index in [4.69, 9.17) is 11.0 Å². The highest BCUT2D eigenvalue weighted by atomic mass is 79.9. The third-order valence-electron chi connectivity index (χ3n) is 3.32. The quantitative estimate of drug-likeness (QED) is 0.928. The molecule has 0 spiro atoms. The van der Waals surface area contributed by atoms with E-state index in [0.29, 0.717) is 18.2 Å². The van der Waals surface area contributed by atoms with Crippen LogP contribution in [0.25, 0.3) is 0 Å². The predicted octanol–water partition coefficient (Wildman–Crippen LogP) is 2.49. The summed E-state index contributed by atoms with van der Waals surface area (Å²) in [5, 5.41) is 8.97. The van der Waals surface area contributed by atoms with Crippen LogP contribution in [0.2, 0.25) is 0 Å². The summed E-state index contributed by atoms with van der Waals surface area (Å²) < 4.78 is 0.935. The highest BCUT2D eigenvalue weighted by Gasteiger charge is 2.33. The summed E-state index contributed by atoms with van der Waals surface area (Å²) in [5.41, 5.74) is 7.57. The zero-order valence-corrected chi connectivity index (χ0v) is 11.4. The number of hydrogen-bond donors (Lipinski definition) is 1. The van der Waals surface area contributed by atoms with E-state index in [1.807, 2.05) is 18.2 Å². The largest absolute Gasteiger partial charge is 0.370 e. The van der Waals surface area contributed by atoms with E-state index < -0.39 is 0 Å². The molecule has 0 bridgehead atoms. The molecule has 1 aliphatic rings. The summed E-state index contributed by atoms with van der Waals surface area (Å²) in [4.78, 5) is 2.20. The lowest BCUT2D eigenvalue weighted by atomic mass is 10.1. The fourth-order valence-corrected chi connectivity index (χ4v) is 2.66. The van der Waals surface area contributed by atoms with Gasteiger partial charge in [-0.3, -0.25) is 0 Å². The molecule has 1 aliphatic carbocycles. The van der Waals surface area contributed by atoms with Crippen molar-refractivity contribution in [3.05, 3.63) is 28.2 Å². The Hall–Kier alpha value is -1.05. The van der Waals surface area contributed by atoms with Gasteiger partial charge in [0.2, 0.25) is 0 Å². The van der Waals surface area contributed by atoms with Gasteiger partial charge in [-0.1, -0.05) is 15.9 Å². The van der Waals surface area contributed by atoms with Crippen molar-refractivity contribution >= 4 is 21.6 Å². The first kappa shape index (κ1) is 12.4. The van der Waals surface area contributed by atoms with Crippen LogP contribution >= 0.6 is 15.9 Å². The summed E-state index contributed by atoms with van der Waals surface area (Å²) in [7, 11) is 2.05. The van der Waals surface area contributed by atoms with Crippen LogP contribution in [0.5, 0.6) is 0 Å². The molecule has 1 aromatic rings. The monoisotopic (exact) mass is 293 g/mol. The van der Waals surface area contributed by atoms with E-state index in [1.165, 1.54) is 12.8 Å². The van der Waals surface area contributed by atoms with Crippen molar-refractivity contribution in [3.8, 4) is 6.07 Å². The predicted molar refractivity (Wildman–Crippen MR) is 72.8 cm³/mol. The molecule has 2 rings (SSSR count). The van der Waals surface area contributed by atoms with Gasteiger partial charge in [-0.15, -0.1) is 0 Å². The lowest BCUT2D eigenvalue weighted by molar-refractivity contribution is 0.570. The van der Waals surface area contributed by atoms with Gasteiger partial charge in [0.25, 0.3) is 0 Å². The van der Waals surface area contributed by atoms with Gasteiger partial charge in [-0.05, 0) is 37.0 Å². The lowest BCUT2D eigenvalue weighted by Gasteiger charge is -2.29. The van der Waals surface area contributed by atoms with Gasteiger partial charge >= 0.3 is 0 Å².